The normalized spacial score (nSPS) is 22.9. The van der Waals surface area contributed by atoms with Crippen LogP contribution in [0.2, 0.25) is 0 Å². The maximum Gasteiger partial charge on any atom is 0.129 e. The predicted molar refractivity (Wildman–Crippen MR) is 74.1 cm³/mol. The Bertz CT molecular complexity index is 385. The number of hydrogen-bond donors (Lipinski definition) is 1. The molecule has 1 fully saturated rings. The first-order chi connectivity index (χ1) is 9.22. The zero-order valence-electron chi connectivity index (χ0n) is 11.6. The van der Waals surface area contributed by atoms with Crippen molar-refractivity contribution in [3.63, 3.8) is 0 Å². The third-order valence-corrected chi connectivity index (χ3v) is 4.18. The molecule has 1 aromatic carbocycles. The van der Waals surface area contributed by atoms with E-state index in [1.807, 2.05) is 0 Å². The van der Waals surface area contributed by atoms with E-state index in [0.717, 1.165) is 25.9 Å². The molecule has 0 radical (unpaired) electrons. The third-order valence-electron chi connectivity index (χ3n) is 4.18. The Morgan fingerprint density at radius 2 is 1.84 bits per heavy atom. The van der Waals surface area contributed by atoms with Gasteiger partial charge in [-0.15, -0.1) is 0 Å². The molecule has 0 aliphatic heterocycles. The molecule has 0 spiro atoms. The van der Waals surface area contributed by atoms with Gasteiger partial charge >= 0.3 is 0 Å². The third kappa shape index (κ3) is 3.75. The molecule has 19 heavy (non-hydrogen) atoms. The molecule has 0 bridgehead atoms. The van der Waals surface area contributed by atoms with E-state index < -0.39 is 11.6 Å². The quantitative estimate of drug-likeness (QED) is 0.770. The van der Waals surface area contributed by atoms with E-state index in [9.17, 15) is 8.78 Å². The lowest BCUT2D eigenvalue weighted by molar-refractivity contribution is 0.357. The largest absolute Gasteiger partial charge is 0.316 e. The lowest BCUT2D eigenvalue weighted by Crippen LogP contribution is -2.27. The first kappa shape index (κ1) is 14.4. The summed E-state index contributed by atoms with van der Waals surface area (Å²) in [5.74, 6) is 0.181. The summed E-state index contributed by atoms with van der Waals surface area (Å²) in [6.45, 7) is 4.15. The van der Waals surface area contributed by atoms with Crippen LogP contribution in [-0.2, 0) is 6.42 Å². The Morgan fingerprint density at radius 1 is 1.16 bits per heavy atom. The van der Waals surface area contributed by atoms with Gasteiger partial charge in [0, 0.05) is 5.56 Å². The fourth-order valence-electron chi connectivity index (χ4n) is 3.10. The molecule has 1 aromatic rings. The second kappa shape index (κ2) is 6.99. The smallest absolute Gasteiger partial charge is 0.129 e. The number of nitrogens with one attached hydrogen (secondary N) is 1. The molecule has 3 heteroatoms. The monoisotopic (exact) mass is 267 g/mol. The highest BCUT2D eigenvalue weighted by Gasteiger charge is 2.28. The lowest BCUT2D eigenvalue weighted by Gasteiger charge is -2.20. The van der Waals surface area contributed by atoms with Crippen LogP contribution in [0.4, 0.5) is 8.78 Å². The van der Waals surface area contributed by atoms with E-state index in [-0.39, 0.29) is 5.56 Å². The molecule has 106 valence electrons. The van der Waals surface area contributed by atoms with Crippen molar-refractivity contribution < 1.29 is 8.78 Å². The molecule has 0 amide bonds. The molecule has 0 aromatic heterocycles. The number of benzene rings is 1. The Morgan fingerprint density at radius 3 is 2.53 bits per heavy atom. The molecular formula is C16H23F2N. The van der Waals surface area contributed by atoms with E-state index in [4.69, 9.17) is 0 Å². The van der Waals surface area contributed by atoms with E-state index in [2.05, 4.69) is 12.2 Å². The molecule has 0 heterocycles. The number of rotatable bonds is 6. The molecule has 1 N–H and O–H groups in total. The van der Waals surface area contributed by atoms with Gasteiger partial charge in [0.1, 0.15) is 11.6 Å². The molecule has 0 saturated heterocycles. The number of halogens is 2. The molecular weight excluding hydrogens is 244 g/mol. The minimum absolute atomic E-state index is 0.273. The Hall–Kier alpha value is -0.960. The molecule has 2 unspecified atom stereocenters. The number of hydrogen-bond acceptors (Lipinski definition) is 1. The van der Waals surface area contributed by atoms with Crippen LogP contribution in [0, 0.1) is 23.5 Å². The van der Waals surface area contributed by atoms with Gasteiger partial charge < -0.3 is 5.32 Å². The minimum atomic E-state index is -0.396. The van der Waals surface area contributed by atoms with Crippen LogP contribution >= 0.6 is 0 Å². The molecule has 1 saturated carbocycles. The highest BCUT2D eigenvalue weighted by molar-refractivity contribution is 5.20. The van der Waals surface area contributed by atoms with Crippen molar-refractivity contribution in [2.24, 2.45) is 11.8 Å². The fourth-order valence-corrected chi connectivity index (χ4v) is 3.10. The van der Waals surface area contributed by atoms with Crippen molar-refractivity contribution in [2.45, 2.75) is 39.0 Å². The van der Waals surface area contributed by atoms with Crippen LogP contribution in [0.1, 0.15) is 38.2 Å². The van der Waals surface area contributed by atoms with Crippen molar-refractivity contribution in [1.82, 2.24) is 5.32 Å². The van der Waals surface area contributed by atoms with E-state index in [0.29, 0.717) is 18.3 Å². The Kier molecular flexibility index (Phi) is 5.32. The SMILES string of the molecule is CCCNCC1CCCC1Cc1c(F)cccc1F. The molecule has 1 aliphatic carbocycles. The van der Waals surface area contributed by atoms with E-state index >= 15 is 0 Å². The average Bonchev–Trinajstić information content (AvgIpc) is 2.82. The summed E-state index contributed by atoms with van der Waals surface area (Å²) >= 11 is 0. The van der Waals surface area contributed by atoms with E-state index in [1.54, 1.807) is 0 Å². The average molecular weight is 267 g/mol. The van der Waals surface area contributed by atoms with Crippen LogP contribution in [0.25, 0.3) is 0 Å². The summed E-state index contributed by atoms with van der Waals surface area (Å²) in [6.07, 6.45) is 5.11. The molecule has 1 aliphatic rings. The Labute approximate surface area is 114 Å². The van der Waals surface area contributed by atoms with Gasteiger partial charge in [-0.05, 0) is 62.7 Å². The predicted octanol–water partition coefficient (Wildman–Crippen LogP) is 3.92. The van der Waals surface area contributed by atoms with Crippen LogP contribution < -0.4 is 5.32 Å². The van der Waals surface area contributed by atoms with Gasteiger partial charge in [-0.2, -0.15) is 0 Å². The molecule has 2 atom stereocenters. The van der Waals surface area contributed by atoms with Crippen LogP contribution in [0.5, 0.6) is 0 Å². The summed E-state index contributed by atoms with van der Waals surface area (Å²) in [5, 5.41) is 3.43. The van der Waals surface area contributed by atoms with Gasteiger partial charge in [-0.25, -0.2) is 8.78 Å². The summed E-state index contributed by atoms with van der Waals surface area (Å²) < 4.78 is 27.4. The zero-order valence-corrected chi connectivity index (χ0v) is 11.6. The summed E-state index contributed by atoms with van der Waals surface area (Å²) in [4.78, 5) is 0. The first-order valence-electron chi connectivity index (χ1n) is 7.36. The maximum absolute atomic E-state index is 13.7. The summed E-state index contributed by atoms with van der Waals surface area (Å²) in [7, 11) is 0. The van der Waals surface area contributed by atoms with Crippen molar-refractivity contribution in [3.05, 3.63) is 35.4 Å². The van der Waals surface area contributed by atoms with Crippen molar-refractivity contribution >= 4 is 0 Å². The fraction of sp³-hybridized carbons (Fsp3) is 0.625. The Balaban J connectivity index is 1.97. The van der Waals surface area contributed by atoms with E-state index in [1.165, 1.54) is 31.0 Å². The second-order valence-electron chi connectivity index (χ2n) is 5.56. The van der Waals surface area contributed by atoms with Crippen LogP contribution in [-0.4, -0.2) is 13.1 Å². The second-order valence-corrected chi connectivity index (χ2v) is 5.56. The highest BCUT2D eigenvalue weighted by Crippen LogP contribution is 2.34. The van der Waals surface area contributed by atoms with Gasteiger partial charge in [-0.1, -0.05) is 19.4 Å². The summed E-state index contributed by atoms with van der Waals surface area (Å²) in [6, 6.07) is 4.15. The highest BCUT2D eigenvalue weighted by atomic mass is 19.1. The minimum Gasteiger partial charge on any atom is -0.316 e. The van der Waals surface area contributed by atoms with Gasteiger partial charge in [0.25, 0.3) is 0 Å². The van der Waals surface area contributed by atoms with Crippen molar-refractivity contribution in [1.29, 1.82) is 0 Å². The zero-order chi connectivity index (χ0) is 13.7. The van der Waals surface area contributed by atoms with Crippen LogP contribution in [0.3, 0.4) is 0 Å². The standard InChI is InChI=1S/C16H23F2N/c1-2-9-19-11-13-6-3-5-12(13)10-14-15(17)7-4-8-16(14)18/h4,7-8,12-13,19H,2-3,5-6,9-11H2,1H3. The first-order valence-corrected chi connectivity index (χ1v) is 7.36. The van der Waals surface area contributed by atoms with Crippen molar-refractivity contribution in [3.8, 4) is 0 Å². The van der Waals surface area contributed by atoms with Crippen molar-refractivity contribution in [2.75, 3.05) is 13.1 Å². The summed E-state index contributed by atoms with van der Waals surface area (Å²) in [5.41, 5.74) is 0.273. The topological polar surface area (TPSA) is 12.0 Å². The molecule has 1 nitrogen and oxygen atoms in total. The lowest BCUT2D eigenvalue weighted by atomic mass is 9.89. The van der Waals surface area contributed by atoms with Gasteiger partial charge in [0.05, 0.1) is 0 Å². The van der Waals surface area contributed by atoms with Gasteiger partial charge in [0.15, 0.2) is 0 Å². The van der Waals surface area contributed by atoms with Crippen LogP contribution in [0.15, 0.2) is 18.2 Å². The maximum atomic E-state index is 13.7. The van der Waals surface area contributed by atoms with Gasteiger partial charge in [-0.3, -0.25) is 0 Å². The van der Waals surface area contributed by atoms with Gasteiger partial charge in [0.2, 0.25) is 0 Å². The molecule has 2 rings (SSSR count).